The van der Waals surface area contributed by atoms with E-state index in [0.29, 0.717) is 44.9 Å². The molecule has 2 heterocycles. The topological polar surface area (TPSA) is 388 Å². The number of hydrogen-bond donors (Lipinski definition) is 13. The van der Waals surface area contributed by atoms with E-state index in [4.69, 9.17) is 43.0 Å². The van der Waals surface area contributed by atoms with Crippen LogP contribution in [0.5, 0.6) is 0 Å². The molecule has 4 aliphatic carbocycles. The van der Waals surface area contributed by atoms with Crippen LogP contribution in [0.1, 0.15) is 91.9 Å². The first kappa shape index (κ1) is 57.7. The molecule has 0 aromatic rings. The lowest BCUT2D eigenvalue weighted by atomic mass is 9.35. The molecule has 71 heavy (non-hydrogen) atoms. The van der Waals surface area contributed by atoms with Gasteiger partial charge in [0.15, 0.2) is 6.29 Å². The van der Waals surface area contributed by atoms with Crippen LogP contribution in [0.4, 0.5) is 0 Å². The highest BCUT2D eigenvalue weighted by Gasteiger charge is 2.75. The van der Waals surface area contributed by atoms with Crippen molar-refractivity contribution in [2.45, 2.75) is 196 Å². The molecule has 14 unspecified atom stereocenters. The molecule has 0 aromatic carbocycles. The molecule has 0 aromatic heterocycles. The SMILES string of the molecule is C=C1C[C@@]23CC[C@H]4[C@@](C)(CCC[C@@]4(C)C(=O)OC4OC(COC(=O)CC(=O)O)C(O)C(O)C4O)[C@@H]2CC[C@@]13CC(OC(CO)[C@H](C)O)C(COC(OC(CO)[C@H](C)O)C(O)O)OC1OCC(O)C(O)C1O. The average Bonchev–Trinajstić information content (AvgIpc) is 3.57. The first-order valence-corrected chi connectivity index (χ1v) is 24.4. The van der Waals surface area contributed by atoms with Gasteiger partial charge in [-0.15, -0.1) is 0 Å². The van der Waals surface area contributed by atoms with E-state index >= 15 is 0 Å². The van der Waals surface area contributed by atoms with Crippen LogP contribution in [0, 0.1) is 33.5 Å². The van der Waals surface area contributed by atoms with Crippen LogP contribution in [-0.2, 0) is 52.3 Å². The largest absolute Gasteiger partial charge is 0.481 e. The van der Waals surface area contributed by atoms with E-state index in [-0.39, 0.29) is 18.3 Å². The van der Waals surface area contributed by atoms with Gasteiger partial charge < -0.3 is 104 Å². The maximum absolute atomic E-state index is 14.5. The number of carboxylic acid groups (broad SMARTS) is 1. The summed E-state index contributed by atoms with van der Waals surface area (Å²) in [5, 5.41) is 135. The van der Waals surface area contributed by atoms with Crippen LogP contribution in [0.15, 0.2) is 12.2 Å². The van der Waals surface area contributed by atoms with E-state index in [1.807, 2.05) is 0 Å². The number of carbonyl (C=O) groups excluding carboxylic acids is 2. The molecular weight excluding hydrogens is 948 g/mol. The molecule has 4 saturated carbocycles. The number of carboxylic acids is 1. The van der Waals surface area contributed by atoms with E-state index in [9.17, 15) is 75.7 Å². The molecule has 24 heteroatoms. The summed E-state index contributed by atoms with van der Waals surface area (Å²) in [6.07, 6.45) is -23.5. The molecule has 1 spiro atoms. The van der Waals surface area contributed by atoms with Crippen molar-refractivity contribution < 1.29 is 119 Å². The van der Waals surface area contributed by atoms with Gasteiger partial charge in [0.05, 0.1) is 50.2 Å². The van der Waals surface area contributed by atoms with Crippen molar-refractivity contribution in [1.82, 2.24) is 0 Å². The monoisotopic (exact) mass is 1020 g/mol. The number of allylic oxidation sites excluding steroid dienone is 1. The molecule has 0 amide bonds. The zero-order valence-corrected chi connectivity index (χ0v) is 40.6. The molecule has 6 fully saturated rings. The number of hydrogen-bond acceptors (Lipinski definition) is 23. The van der Waals surface area contributed by atoms with Crippen LogP contribution in [0.2, 0.25) is 0 Å². The Hall–Kier alpha value is -2.57. The molecule has 6 aliphatic rings. The highest BCUT2D eigenvalue weighted by Crippen LogP contribution is 2.82. The Labute approximate surface area is 411 Å². The van der Waals surface area contributed by atoms with Crippen molar-refractivity contribution in [2.75, 3.05) is 33.0 Å². The standard InChI is InChI=1S/C47H76O24/c1-21-14-47-12-7-30-44(4,9-6-10-45(30,5)43(63)71-41-38(60)36(58)35(57)29(70-41)20-64-33(55)13-32(53)54)31(47)8-11-46(21,47)15-25(67-26(16-48)22(2)50)28(69-40-37(59)34(56)24(52)18-65-40)19-66-42(39(61)62)68-27(17-49)23(3)51/h22-31,34-42,48-52,56-62H,1,6-20H2,2-5H3,(H,53,54)/t22-,23-,24?,25?,26?,27?,28?,29?,30-,31-,34?,35?,36?,37?,38?,40?,41?,42?,44+,45+,46+,47-/m0/s1. The highest BCUT2D eigenvalue weighted by atomic mass is 16.7. The molecular formula is C47H76O24. The van der Waals surface area contributed by atoms with Crippen LogP contribution < -0.4 is 0 Å². The van der Waals surface area contributed by atoms with Gasteiger partial charge in [-0.1, -0.05) is 25.5 Å². The molecule has 6 rings (SSSR count). The Morgan fingerprint density at radius 2 is 1.41 bits per heavy atom. The number of rotatable bonds is 23. The second-order valence-electron chi connectivity index (χ2n) is 21.1. The Balaban J connectivity index is 1.28. The van der Waals surface area contributed by atoms with Gasteiger partial charge in [-0.2, -0.15) is 0 Å². The number of fused-ring (bicyclic) bond motifs is 2. The second kappa shape index (κ2) is 23.1. The Bertz CT molecular complexity index is 1840. The minimum absolute atomic E-state index is 0.0370. The Morgan fingerprint density at radius 3 is 2.01 bits per heavy atom. The predicted molar refractivity (Wildman–Crippen MR) is 236 cm³/mol. The van der Waals surface area contributed by atoms with Crippen LogP contribution in [0.3, 0.4) is 0 Å². The van der Waals surface area contributed by atoms with Crippen molar-refractivity contribution in [3.05, 3.63) is 12.2 Å². The van der Waals surface area contributed by atoms with Gasteiger partial charge >= 0.3 is 17.9 Å². The van der Waals surface area contributed by atoms with Gasteiger partial charge in [0, 0.05) is 0 Å². The minimum Gasteiger partial charge on any atom is -0.481 e. The minimum atomic E-state index is -2.32. The van der Waals surface area contributed by atoms with E-state index in [1.54, 1.807) is 6.92 Å². The first-order valence-electron chi connectivity index (χ1n) is 24.4. The third kappa shape index (κ3) is 11.4. The number of aliphatic hydroxyl groups excluding tert-OH is 11. The molecule has 0 bridgehead atoms. The molecule has 0 radical (unpaired) electrons. The van der Waals surface area contributed by atoms with E-state index in [2.05, 4.69) is 13.5 Å². The summed E-state index contributed by atoms with van der Waals surface area (Å²) in [4.78, 5) is 37.4. The lowest BCUT2D eigenvalue weighted by Gasteiger charge is -2.69. The lowest BCUT2D eigenvalue weighted by molar-refractivity contribution is -0.320. The van der Waals surface area contributed by atoms with Gasteiger partial charge in [-0.05, 0) is 100 Å². The smallest absolute Gasteiger partial charge is 0.317 e. The molecule has 408 valence electrons. The number of aliphatic hydroxyl groups is 12. The van der Waals surface area contributed by atoms with Crippen LogP contribution in [0.25, 0.3) is 0 Å². The van der Waals surface area contributed by atoms with Crippen LogP contribution in [-0.4, -0.2) is 222 Å². The maximum atomic E-state index is 14.5. The summed E-state index contributed by atoms with van der Waals surface area (Å²) >= 11 is 0. The fourth-order valence-electron chi connectivity index (χ4n) is 13.1. The lowest BCUT2D eigenvalue weighted by Crippen LogP contribution is -2.65. The molecule has 22 atom stereocenters. The number of ether oxygens (including phenoxy) is 8. The molecule has 2 aliphatic heterocycles. The van der Waals surface area contributed by atoms with Crippen molar-refractivity contribution in [3.63, 3.8) is 0 Å². The molecule has 24 nitrogen and oxygen atoms in total. The van der Waals surface area contributed by atoms with Crippen LogP contribution >= 0.6 is 0 Å². The molecule has 2 saturated heterocycles. The van der Waals surface area contributed by atoms with Crippen molar-refractivity contribution in [2.24, 2.45) is 33.5 Å². The average molecular weight is 1030 g/mol. The van der Waals surface area contributed by atoms with Gasteiger partial charge in [-0.3, -0.25) is 14.4 Å². The van der Waals surface area contributed by atoms with Crippen molar-refractivity contribution in [3.8, 4) is 0 Å². The zero-order valence-electron chi connectivity index (χ0n) is 40.6. The summed E-state index contributed by atoms with van der Waals surface area (Å²) in [5.41, 5.74) is -1.96. The summed E-state index contributed by atoms with van der Waals surface area (Å²) < 4.78 is 46.3. The number of aliphatic carboxylic acids is 1. The third-order valence-corrected chi connectivity index (χ3v) is 16.9. The van der Waals surface area contributed by atoms with Gasteiger partial charge in [0.25, 0.3) is 0 Å². The zero-order chi connectivity index (χ0) is 52.5. The van der Waals surface area contributed by atoms with Gasteiger partial charge in [-0.25, -0.2) is 0 Å². The third-order valence-electron chi connectivity index (χ3n) is 16.9. The maximum Gasteiger partial charge on any atom is 0.317 e. The summed E-state index contributed by atoms with van der Waals surface area (Å²) in [6, 6.07) is 0. The van der Waals surface area contributed by atoms with Gasteiger partial charge in [0.1, 0.15) is 74.1 Å². The normalized spacial score (nSPS) is 41.0. The Kier molecular flexibility index (Phi) is 18.8. The fourth-order valence-corrected chi connectivity index (χ4v) is 13.1. The summed E-state index contributed by atoms with van der Waals surface area (Å²) in [6.45, 7) is 8.00. The summed E-state index contributed by atoms with van der Waals surface area (Å²) in [7, 11) is 0. The summed E-state index contributed by atoms with van der Waals surface area (Å²) in [5.74, 6) is -3.64. The predicted octanol–water partition coefficient (Wildman–Crippen LogP) is -2.94. The Morgan fingerprint density at radius 1 is 0.775 bits per heavy atom. The highest BCUT2D eigenvalue weighted by molar-refractivity contribution is 5.90. The van der Waals surface area contributed by atoms with Crippen molar-refractivity contribution >= 4 is 17.9 Å². The van der Waals surface area contributed by atoms with E-state index < -0.39 is 184 Å². The quantitative estimate of drug-likeness (QED) is 0.0211. The van der Waals surface area contributed by atoms with E-state index in [1.165, 1.54) is 13.8 Å². The van der Waals surface area contributed by atoms with Crippen molar-refractivity contribution in [1.29, 1.82) is 0 Å². The number of carbonyl (C=O) groups is 3. The first-order chi connectivity index (χ1) is 33.3. The van der Waals surface area contributed by atoms with Gasteiger partial charge in [0.2, 0.25) is 18.9 Å². The van der Waals surface area contributed by atoms with E-state index in [0.717, 1.165) is 12.0 Å². The molecule has 13 N–H and O–H groups in total. The fraction of sp³-hybridized carbons (Fsp3) is 0.894. The number of esters is 2. The second-order valence-corrected chi connectivity index (χ2v) is 21.1.